The Morgan fingerprint density at radius 2 is 2.22 bits per heavy atom. The first kappa shape index (κ1) is 13.3. The summed E-state index contributed by atoms with van der Waals surface area (Å²) < 4.78 is 31.5. The summed E-state index contributed by atoms with van der Waals surface area (Å²) in [4.78, 5) is 0.249. The molecule has 6 heteroatoms. The van der Waals surface area contributed by atoms with Crippen LogP contribution in [0.4, 0.5) is 5.69 Å². The summed E-state index contributed by atoms with van der Waals surface area (Å²) >= 11 is 0. The standard InChI is InChI=1S/C12H18N2O3S/c1-17-11-5-3-7-14(9-11)18(15,16)12-6-2-4-10(13)8-12/h2,4,6,8,11H,3,5,7,9,13H2,1H3. The minimum absolute atomic E-state index is 0.0189. The monoisotopic (exact) mass is 270 g/mol. The molecule has 100 valence electrons. The van der Waals surface area contributed by atoms with Gasteiger partial charge >= 0.3 is 0 Å². The largest absolute Gasteiger partial charge is 0.399 e. The van der Waals surface area contributed by atoms with E-state index in [1.165, 1.54) is 10.4 Å². The van der Waals surface area contributed by atoms with Gasteiger partial charge in [-0.15, -0.1) is 0 Å². The lowest BCUT2D eigenvalue weighted by molar-refractivity contribution is 0.0572. The van der Waals surface area contributed by atoms with Crippen LogP contribution in [0, 0.1) is 0 Å². The smallest absolute Gasteiger partial charge is 0.243 e. The number of benzene rings is 1. The Morgan fingerprint density at radius 3 is 2.89 bits per heavy atom. The predicted octanol–water partition coefficient (Wildman–Crippen LogP) is 1.07. The lowest BCUT2D eigenvalue weighted by Gasteiger charge is -2.31. The number of methoxy groups -OCH3 is 1. The Kier molecular flexibility index (Phi) is 3.89. The first-order valence-electron chi connectivity index (χ1n) is 5.92. The highest BCUT2D eigenvalue weighted by atomic mass is 32.2. The Morgan fingerprint density at radius 1 is 1.44 bits per heavy atom. The van der Waals surface area contributed by atoms with Crippen molar-refractivity contribution in [3.05, 3.63) is 24.3 Å². The SMILES string of the molecule is COC1CCCN(S(=O)(=O)c2cccc(N)c2)C1. The van der Waals surface area contributed by atoms with Crippen LogP contribution in [0.3, 0.4) is 0 Å². The van der Waals surface area contributed by atoms with Gasteiger partial charge in [0, 0.05) is 25.9 Å². The molecule has 1 heterocycles. The highest BCUT2D eigenvalue weighted by molar-refractivity contribution is 7.89. The molecule has 0 spiro atoms. The van der Waals surface area contributed by atoms with Crippen molar-refractivity contribution in [1.29, 1.82) is 0 Å². The van der Waals surface area contributed by atoms with Gasteiger partial charge in [0.2, 0.25) is 10.0 Å². The number of hydrogen-bond acceptors (Lipinski definition) is 4. The molecule has 5 nitrogen and oxygen atoms in total. The van der Waals surface area contributed by atoms with Gasteiger partial charge in [0.1, 0.15) is 0 Å². The second-order valence-electron chi connectivity index (χ2n) is 4.44. The van der Waals surface area contributed by atoms with E-state index in [9.17, 15) is 8.42 Å². The van der Waals surface area contributed by atoms with Crippen LogP contribution in [0.25, 0.3) is 0 Å². The number of ether oxygens (including phenoxy) is 1. The number of nitrogen functional groups attached to an aromatic ring is 1. The summed E-state index contributed by atoms with van der Waals surface area (Å²) in [5.41, 5.74) is 6.09. The van der Waals surface area contributed by atoms with E-state index in [2.05, 4.69) is 0 Å². The Hall–Kier alpha value is -1.11. The fourth-order valence-corrected chi connectivity index (χ4v) is 3.71. The van der Waals surface area contributed by atoms with E-state index >= 15 is 0 Å². The zero-order chi connectivity index (χ0) is 13.2. The van der Waals surface area contributed by atoms with E-state index in [1.54, 1.807) is 25.3 Å². The van der Waals surface area contributed by atoms with Crippen molar-refractivity contribution in [2.45, 2.75) is 23.8 Å². The number of piperidine rings is 1. The molecule has 1 atom stereocenters. The minimum atomic E-state index is -3.45. The maximum atomic E-state index is 12.4. The molecule has 1 aromatic rings. The van der Waals surface area contributed by atoms with Crippen molar-refractivity contribution in [2.24, 2.45) is 0 Å². The zero-order valence-corrected chi connectivity index (χ0v) is 11.2. The third kappa shape index (κ3) is 2.66. The second-order valence-corrected chi connectivity index (χ2v) is 6.37. The van der Waals surface area contributed by atoms with Gasteiger partial charge in [-0.3, -0.25) is 0 Å². The zero-order valence-electron chi connectivity index (χ0n) is 10.4. The van der Waals surface area contributed by atoms with Gasteiger partial charge in [-0.1, -0.05) is 6.07 Å². The molecule has 0 amide bonds. The Bertz CT molecular complexity index is 516. The van der Waals surface area contributed by atoms with Crippen LogP contribution >= 0.6 is 0 Å². The number of nitrogens with two attached hydrogens (primary N) is 1. The summed E-state index contributed by atoms with van der Waals surface area (Å²) in [7, 11) is -1.84. The highest BCUT2D eigenvalue weighted by Crippen LogP contribution is 2.22. The van der Waals surface area contributed by atoms with Gasteiger partial charge in [-0.05, 0) is 31.0 Å². The summed E-state index contributed by atoms with van der Waals surface area (Å²) in [6.07, 6.45) is 1.70. The number of sulfonamides is 1. The van der Waals surface area contributed by atoms with Gasteiger partial charge in [0.15, 0.2) is 0 Å². The molecule has 2 rings (SSSR count). The van der Waals surface area contributed by atoms with Crippen LogP contribution < -0.4 is 5.73 Å². The van der Waals surface area contributed by atoms with Crippen LogP contribution in [-0.4, -0.2) is 39.0 Å². The number of rotatable bonds is 3. The predicted molar refractivity (Wildman–Crippen MR) is 69.6 cm³/mol. The van der Waals surface area contributed by atoms with Gasteiger partial charge < -0.3 is 10.5 Å². The summed E-state index contributed by atoms with van der Waals surface area (Å²) in [5, 5.41) is 0. The molecular weight excluding hydrogens is 252 g/mol. The summed E-state index contributed by atoms with van der Waals surface area (Å²) in [6.45, 7) is 0.949. The van der Waals surface area contributed by atoms with Crippen LogP contribution in [-0.2, 0) is 14.8 Å². The molecule has 0 aliphatic carbocycles. The molecule has 1 aromatic carbocycles. The maximum Gasteiger partial charge on any atom is 0.243 e. The molecule has 1 aliphatic heterocycles. The average molecular weight is 270 g/mol. The van der Waals surface area contributed by atoms with E-state index in [4.69, 9.17) is 10.5 Å². The van der Waals surface area contributed by atoms with Crippen molar-refractivity contribution in [3.8, 4) is 0 Å². The van der Waals surface area contributed by atoms with Crippen LogP contribution in [0.5, 0.6) is 0 Å². The van der Waals surface area contributed by atoms with Crippen LogP contribution in [0.1, 0.15) is 12.8 Å². The van der Waals surface area contributed by atoms with Crippen LogP contribution in [0.15, 0.2) is 29.2 Å². The average Bonchev–Trinajstić information content (AvgIpc) is 2.39. The highest BCUT2D eigenvalue weighted by Gasteiger charge is 2.30. The molecular formula is C12H18N2O3S. The van der Waals surface area contributed by atoms with Crippen molar-refractivity contribution >= 4 is 15.7 Å². The quantitative estimate of drug-likeness (QED) is 0.834. The fraction of sp³-hybridized carbons (Fsp3) is 0.500. The minimum Gasteiger partial charge on any atom is -0.399 e. The number of anilines is 1. The van der Waals surface area contributed by atoms with Gasteiger partial charge in [0.25, 0.3) is 0 Å². The van der Waals surface area contributed by atoms with E-state index < -0.39 is 10.0 Å². The normalized spacial score (nSPS) is 21.9. The lowest BCUT2D eigenvalue weighted by atomic mass is 10.1. The number of nitrogens with zero attached hydrogens (tertiary/aromatic N) is 1. The van der Waals surface area contributed by atoms with E-state index in [0.29, 0.717) is 18.8 Å². The fourth-order valence-electron chi connectivity index (χ4n) is 2.14. The second kappa shape index (κ2) is 5.26. The van der Waals surface area contributed by atoms with E-state index in [1.807, 2.05) is 0 Å². The van der Waals surface area contributed by atoms with Gasteiger partial charge in [-0.2, -0.15) is 4.31 Å². The summed E-state index contributed by atoms with van der Waals surface area (Å²) in [6, 6.07) is 6.39. The Balaban J connectivity index is 2.25. The first-order chi connectivity index (χ1) is 8.54. The molecule has 1 saturated heterocycles. The van der Waals surface area contributed by atoms with Crippen molar-refractivity contribution < 1.29 is 13.2 Å². The first-order valence-corrected chi connectivity index (χ1v) is 7.36. The molecule has 1 aliphatic rings. The molecule has 18 heavy (non-hydrogen) atoms. The molecule has 0 aromatic heterocycles. The molecule has 0 saturated carbocycles. The third-order valence-corrected chi connectivity index (χ3v) is 5.03. The molecule has 0 radical (unpaired) electrons. The van der Waals surface area contributed by atoms with Crippen LogP contribution in [0.2, 0.25) is 0 Å². The summed E-state index contributed by atoms with van der Waals surface area (Å²) in [5.74, 6) is 0. The van der Waals surface area contributed by atoms with E-state index in [0.717, 1.165) is 12.8 Å². The van der Waals surface area contributed by atoms with Crippen molar-refractivity contribution in [2.75, 3.05) is 25.9 Å². The third-order valence-electron chi connectivity index (χ3n) is 3.17. The molecule has 0 bridgehead atoms. The molecule has 1 unspecified atom stereocenters. The molecule has 1 fully saturated rings. The molecule has 2 N–H and O–H groups in total. The number of hydrogen-bond donors (Lipinski definition) is 1. The van der Waals surface area contributed by atoms with Gasteiger partial charge in [0.05, 0.1) is 11.0 Å². The lowest BCUT2D eigenvalue weighted by Crippen LogP contribution is -2.42. The van der Waals surface area contributed by atoms with Crippen molar-refractivity contribution in [3.63, 3.8) is 0 Å². The maximum absolute atomic E-state index is 12.4. The van der Waals surface area contributed by atoms with Gasteiger partial charge in [-0.25, -0.2) is 8.42 Å². The topological polar surface area (TPSA) is 72.6 Å². The van der Waals surface area contributed by atoms with E-state index in [-0.39, 0.29) is 11.0 Å². The van der Waals surface area contributed by atoms with Crippen molar-refractivity contribution in [1.82, 2.24) is 4.31 Å². The Labute approximate surface area is 108 Å².